The van der Waals surface area contributed by atoms with Crippen LogP contribution in [0.25, 0.3) is 0 Å². The fourth-order valence-corrected chi connectivity index (χ4v) is 0. The highest BCUT2D eigenvalue weighted by molar-refractivity contribution is 3.92. The third kappa shape index (κ3) is 2230. The molecular weight excluding hydrogens is 78.1 g/mol. The fourth-order valence-electron chi connectivity index (χ4n) is 0. The zero-order chi connectivity index (χ0) is 2.71. The van der Waals surface area contributed by atoms with Crippen molar-refractivity contribution in [1.29, 1.82) is 0 Å². The Morgan fingerprint density at radius 2 is 0.833 bits per heavy atom. The van der Waals surface area contributed by atoms with Gasteiger partial charge in [-0.25, -0.2) is 0 Å². The Morgan fingerprint density at radius 1 is 0.833 bits per heavy atom. The Kier molecular flexibility index (Phi) is 626. The minimum atomic E-state index is 0. The second kappa shape index (κ2) is 94.9. The molecular formula is C3H17N3. The van der Waals surface area contributed by atoms with Gasteiger partial charge in [0.2, 0.25) is 0 Å². The lowest BCUT2D eigenvalue weighted by Crippen LogP contribution is -1.27. The first kappa shape index (κ1) is 39.6. The molecule has 44 valence electrons. The largest absolute Gasteiger partial charge is 0.344 e. The summed E-state index contributed by atoms with van der Waals surface area (Å²) in [6.45, 7) is 4.25. The molecule has 0 unspecified atom stereocenters. The summed E-state index contributed by atoms with van der Waals surface area (Å²) in [6, 6.07) is 0. The van der Waals surface area contributed by atoms with Crippen LogP contribution in [0.2, 0.25) is 0 Å². The van der Waals surface area contributed by atoms with Crippen LogP contribution in [0, 0.1) is 0 Å². The Hall–Kier alpha value is -0.120. The van der Waals surface area contributed by atoms with Crippen molar-refractivity contribution in [1.82, 2.24) is 18.5 Å². The summed E-state index contributed by atoms with van der Waals surface area (Å²) >= 11 is 0. The van der Waals surface area contributed by atoms with Gasteiger partial charge in [-0.2, -0.15) is 0 Å². The summed E-state index contributed by atoms with van der Waals surface area (Å²) in [5.41, 5.74) is 0. The predicted molar refractivity (Wildman–Crippen MR) is 31.0 cm³/mol. The third-order valence-electron chi connectivity index (χ3n) is 0. The fraction of sp³-hybridized carbons (Fsp3) is 1.00. The zero-order valence-electron chi connectivity index (χ0n) is 4.83. The van der Waals surface area contributed by atoms with Gasteiger partial charge in [0.05, 0.1) is 0 Å². The van der Waals surface area contributed by atoms with Crippen LogP contribution >= 0.6 is 0 Å². The summed E-state index contributed by atoms with van der Waals surface area (Å²) in [7, 11) is 0. The van der Waals surface area contributed by atoms with Gasteiger partial charge in [-0.3, -0.25) is 0 Å². The SMILES string of the molecule is CCC.N.N.N. The molecule has 0 aromatic rings. The maximum atomic E-state index is 2.12. The van der Waals surface area contributed by atoms with E-state index >= 15 is 0 Å². The van der Waals surface area contributed by atoms with Crippen LogP contribution in [0.1, 0.15) is 20.3 Å². The monoisotopic (exact) mass is 95.1 g/mol. The lowest BCUT2D eigenvalue weighted by atomic mass is 10.6. The van der Waals surface area contributed by atoms with Crippen molar-refractivity contribution in [3.63, 3.8) is 0 Å². The van der Waals surface area contributed by atoms with Crippen molar-refractivity contribution in [3.8, 4) is 0 Å². The molecule has 0 rings (SSSR count). The minimum Gasteiger partial charge on any atom is -0.344 e. The van der Waals surface area contributed by atoms with Gasteiger partial charge < -0.3 is 18.5 Å². The molecule has 0 saturated heterocycles. The van der Waals surface area contributed by atoms with E-state index in [2.05, 4.69) is 13.8 Å². The van der Waals surface area contributed by atoms with E-state index in [-0.39, 0.29) is 18.5 Å². The molecule has 0 aliphatic rings. The molecule has 0 saturated carbocycles. The second-order valence-electron chi connectivity index (χ2n) is 0.707. The number of rotatable bonds is 0. The maximum Gasteiger partial charge on any atom is -0.0590 e. The highest BCUT2D eigenvalue weighted by Gasteiger charge is 1.35. The van der Waals surface area contributed by atoms with E-state index in [9.17, 15) is 0 Å². The van der Waals surface area contributed by atoms with Crippen LogP contribution in [-0.4, -0.2) is 0 Å². The summed E-state index contributed by atoms with van der Waals surface area (Å²) in [5.74, 6) is 0. The van der Waals surface area contributed by atoms with Crippen molar-refractivity contribution in [2.24, 2.45) is 0 Å². The van der Waals surface area contributed by atoms with E-state index in [1.807, 2.05) is 0 Å². The van der Waals surface area contributed by atoms with E-state index in [1.54, 1.807) is 0 Å². The van der Waals surface area contributed by atoms with E-state index in [4.69, 9.17) is 0 Å². The molecule has 0 aliphatic heterocycles. The molecule has 0 aromatic heterocycles. The number of hydrogen-bond acceptors (Lipinski definition) is 3. The van der Waals surface area contributed by atoms with Crippen LogP contribution in [0.4, 0.5) is 0 Å². The molecule has 3 nitrogen and oxygen atoms in total. The summed E-state index contributed by atoms with van der Waals surface area (Å²) in [6.07, 6.45) is 1.25. The molecule has 0 spiro atoms. The van der Waals surface area contributed by atoms with Crippen LogP contribution in [0.15, 0.2) is 0 Å². The Labute approximate surface area is 39.9 Å². The highest BCUT2D eigenvalue weighted by atomic mass is 14.0. The molecule has 0 atom stereocenters. The van der Waals surface area contributed by atoms with Gasteiger partial charge in [0.15, 0.2) is 0 Å². The molecule has 0 heterocycles. The normalized spacial score (nSPS) is 3.00. The smallest absolute Gasteiger partial charge is 0.0590 e. The molecule has 0 fully saturated rings. The van der Waals surface area contributed by atoms with Gasteiger partial charge >= 0.3 is 0 Å². The summed E-state index contributed by atoms with van der Waals surface area (Å²) in [5, 5.41) is 0. The topological polar surface area (TPSA) is 105 Å². The first-order valence-electron chi connectivity index (χ1n) is 1.41. The van der Waals surface area contributed by atoms with Crippen molar-refractivity contribution in [2.45, 2.75) is 20.3 Å². The van der Waals surface area contributed by atoms with Crippen LogP contribution in [0.3, 0.4) is 0 Å². The van der Waals surface area contributed by atoms with Crippen LogP contribution in [-0.2, 0) is 0 Å². The lowest BCUT2D eigenvalue weighted by molar-refractivity contribution is 1.09. The van der Waals surface area contributed by atoms with Gasteiger partial charge in [0.25, 0.3) is 0 Å². The van der Waals surface area contributed by atoms with E-state index in [1.165, 1.54) is 6.42 Å². The van der Waals surface area contributed by atoms with Crippen molar-refractivity contribution in [3.05, 3.63) is 0 Å². The summed E-state index contributed by atoms with van der Waals surface area (Å²) in [4.78, 5) is 0. The van der Waals surface area contributed by atoms with E-state index < -0.39 is 0 Å². The van der Waals surface area contributed by atoms with Gasteiger partial charge in [-0.05, 0) is 0 Å². The average Bonchev–Trinajstić information content (AvgIpc) is 0.918. The van der Waals surface area contributed by atoms with Crippen molar-refractivity contribution < 1.29 is 0 Å². The van der Waals surface area contributed by atoms with Gasteiger partial charge in [0, 0.05) is 0 Å². The van der Waals surface area contributed by atoms with E-state index in [0.29, 0.717) is 0 Å². The first-order chi connectivity index (χ1) is 1.41. The third-order valence-corrected chi connectivity index (χ3v) is 0. The quantitative estimate of drug-likeness (QED) is 0.427. The van der Waals surface area contributed by atoms with Gasteiger partial charge in [0.1, 0.15) is 0 Å². The van der Waals surface area contributed by atoms with Crippen molar-refractivity contribution in [2.75, 3.05) is 0 Å². The maximum absolute atomic E-state index is 2.12. The van der Waals surface area contributed by atoms with E-state index in [0.717, 1.165) is 0 Å². The van der Waals surface area contributed by atoms with Crippen LogP contribution < -0.4 is 18.5 Å². The number of hydrogen-bond donors (Lipinski definition) is 3. The Morgan fingerprint density at radius 3 is 0.833 bits per heavy atom. The molecule has 0 amide bonds. The predicted octanol–water partition coefficient (Wildman–Crippen LogP) is 1.90. The molecule has 0 bridgehead atoms. The average molecular weight is 95.2 g/mol. The molecule has 6 heavy (non-hydrogen) atoms. The van der Waals surface area contributed by atoms with Gasteiger partial charge in [-0.15, -0.1) is 0 Å². The van der Waals surface area contributed by atoms with Crippen molar-refractivity contribution >= 4 is 0 Å². The summed E-state index contributed by atoms with van der Waals surface area (Å²) < 4.78 is 0. The second-order valence-corrected chi connectivity index (χ2v) is 0.707. The molecule has 0 aromatic carbocycles. The van der Waals surface area contributed by atoms with Gasteiger partial charge in [-0.1, -0.05) is 20.3 Å². The van der Waals surface area contributed by atoms with Crippen LogP contribution in [0.5, 0.6) is 0 Å². The standard InChI is InChI=1S/C3H8.3H3N/c1-3-2;;;/h3H2,1-2H3;3*1H3. The lowest BCUT2D eigenvalue weighted by Gasteiger charge is -1.48. The molecule has 0 aliphatic carbocycles. The molecule has 0 radical (unpaired) electrons. The highest BCUT2D eigenvalue weighted by Crippen LogP contribution is 1.56. The first-order valence-corrected chi connectivity index (χ1v) is 1.41. The molecule has 3 heteroatoms. The molecule has 9 N–H and O–H groups in total. The minimum absolute atomic E-state index is 0. The zero-order valence-corrected chi connectivity index (χ0v) is 4.83. The Balaban J connectivity index is -0.00000000667. The Bertz CT molecular complexity index is 6.00.